The summed E-state index contributed by atoms with van der Waals surface area (Å²) >= 11 is 3.38. The number of aliphatic hydroxyl groups is 1. The Morgan fingerprint density at radius 3 is 2.74 bits per heavy atom. The molecule has 0 aliphatic rings. The average molecular weight is 333 g/mol. The number of halogens is 1. The van der Waals surface area contributed by atoms with Crippen molar-refractivity contribution in [2.24, 2.45) is 0 Å². The lowest BCUT2D eigenvalue weighted by Gasteiger charge is -2.22. The number of likely N-dealkylation sites (N-methyl/N-ethyl adjacent to an activating group) is 1. The fraction of sp³-hybridized carbons (Fsp3) is 0.615. The van der Waals surface area contributed by atoms with Crippen molar-refractivity contribution in [3.05, 3.63) is 22.4 Å². The van der Waals surface area contributed by atoms with Gasteiger partial charge in [-0.3, -0.25) is 4.79 Å². The zero-order valence-electron chi connectivity index (χ0n) is 11.8. The van der Waals surface area contributed by atoms with E-state index in [4.69, 9.17) is 4.74 Å². The van der Waals surface area contributed by atoms with Crippen LogP contribution in [0.4, 0.5) is 0 Å². The summed E-state index contributed by atoms with van der Waals surface area (Å²) in [7, 11) is 3.19. The van der Waals surface area contributed by atoms with Gasteiger partial charge < -0.3 is 19.3 Å². The molecule has 0 fully saturated rings. The number of nitrogens with zero attached hydrogens (tertiary/aromatic N) is 2. The van der Waals surface area contributed by atoms with Crippen LogP contribution in [0, 0.1) is 0 Å². The second kappa shape index (κ2) is 7.07. The maximum absolute atomic E-state index is 12.4. The van der Waals surface area contributed by atoms with E-state index in [2.05, 4.69) is 15.9 Å². The molecule has 108 valence electrons. The van der Waals surface area contributed by atoms with Gasteiger partial charge in [-0.25, -0.2) is 0 Å². The van der Waals surface area contributed by atoms with Crippen molar-refractivity contribution in [1.82, 2.24) is 9.47 Å². The Kier molecular flexibility index (Phi) is 6.03. The molecule has 0 saturated heterocycles. The zero-order chi connectivity index (χ0) is 14.6. The molecule has 0 radical (unpaired) electrons. The molecule has 0 aliphatic heterocycles. The van der Waals surface area contributed by atoms with Crippen LogP contribution in [-0.2, 0) is 4.74 Å². The molecule has 5 nitrogen and oxygen atoms in total. The first-order valence-corrected chi connectivity index (χ1v) is 6.96. The van der Waals surface area contributed by atoms with Crippen molar-refractivity contribution in [2.45, 2.75) is 26.0 Å². The monoisotopic (exact) mass is 332 g/mol. The molecule has 0 saturated carbocycles. The van der Waals surface area contributed by atoms with Gasteiger partial charge >= 0.3 is 0 Å². The maximum Gasteiger partial charge on any atom is 0.270 e. The van der Waals surface area contributed by atoms with Gasteiger partial charge in [-0.2, -0.15) is 0 Å². The molecule has 19 heavy (non-hydrogen) atoms. The number of hydrogen-bond acceptors (Lipinski definition) is 3. The SMILES string of the molecule is COCC(O)CN(C)C(=O)c1cc(Br)cn1C(C)C. The molecule has 1 heterocycles. The van der Waals surface area contributed by atoms with Crippen LogP contribution in [0.25, 0.3) is 0 Å². The smallest absolute Gasteiger partial charge is 0.270 e. The maximum atomic E-state index is 12.4. The molecule has 1 rings (SSSR count). The van der Waals surface area contributed by atoms with E-state index in [9.17, 15) is 9.90 Å². The normalized spacial score (nSPS) is 12.8. The van der Waals surface area contributed by atoms with E-state index in [1.807, 2.05) is 24.6 Å². The van der Waals surface area contributed by atoms with Gasteiger partial charge in [-0.15, -0.1) is 0 Å². The van der Waals surface area contributed by atoms with Crippen LogP contribution < -0.4 is 0 Å². The first kappa shape index (κ1) is 16.2. The number of rotatable bonds is 6. The topological polar surface area (TPSA) is 54.7 Å². The second-order valence-electron chi connectivity index (χ2n) is 4.84. The Morgan fingerprint density at radius 2 is 2.21 bits per heavy atom. The van der Waals surface area contributed by atoms with Crippen LogP contribution in [0.1, 0.15) is 30.4 Å². The number of hydrogen-bond donors (Lipinski definition) is 1. The number of carbonyl (C=O) groups is 1. The Balaban J connectivity index is 2.82. The highest BCUT2D eigenvalue weighted by molar-refractivity contribution is 9.10. The molecule has 1 atom stereocenters. The van der Waals surface area contributed by atoms with E-state index >= 15 is 0 Å². The van der Waals surface area contributed by atoms with Gasteiger partial charge in [0.1, 0.15) is 5.69 Å². The zero-order valence-corrected chi connectivity index (χ0v) is 13.3. The Hall–Kier alpha value is -0.850. The second-order valence-corrected chi connectivity index (χ2v) is 5.76. The summed E-state index contributed by atoms with van der Waals surface area (Å²) in [4.78, 5) is 13.9. The van der Waals surface area contributed by atoms with E-state index in [0.29, 0.717) is 5.69 Å². The highest BCUT2D eigenvalue weighted by Gasteiger charge is 2.20. The third-order valence-corrected chi connectivity index (χ3v) is 3.21. The molecule has 1 unspecified atom stereocenters. The van der Waals surface area contributed by atoms with Crippen molar-refractivity contribution in [3.63, 3.8) is 0 Å². The predicted molar refractivity (Wildman–Crippen MR) is 77.4 cm³/mol. The minimum absolute atomic E-state index is 0.116. The Bertz CT molecular complexity index is 432. The van der Waals surface area contributed by atoms with Crippen molar-refractivity contribution >= 4 is 21.8 Å². The molecule has 1 aromatic heterocycles. The summed E-state index contributed by atoms with van der Waals surface area (Å²) < 4.78 is 7.63. The molecule has 6 heteroatoms. The van der Waals surface area contributed by atoms with Gasteiger partial charge in [0.2, 0.25) is 0 Å². The molecule has 1 N–H and O–H groups in total. The molecule has 0 bridgehead atoms. The van der Waals surface area contributed by atoms with Crippen LogP contribution in [0.5, 0.6) is 0 Å². The summed E-state index contributed by atoms with van der Waals surface area (Å²) in [5, 5.41) is 9.66. The van der Waals surface area contributed by atoms with E-state index < -0.39 is 6.10 Å². The van der Waals surface area contributed by atoms with Gasteiger partial charge in [-0.1, -0.05) is 0 Å². The van der Waals surface area contributed by atoms with Gasteiger partial charge in [0.05, 0.1) is 12.7 Å². The van der Waals surface area contributed by atoms with Crippen LogP contribution >= 0.6 is 15.9 Å². The summed E-state index contributed by atoms with van der Waals surface area (Å²) in [5.41, 5.74) is 0.606. The number of ether oxygens (including phenoxy) is 1. The quantitative estimate of drug-likeness (QED) is 0.865. The van der Waals surface area contributed by atoms with Crippen LogP contribution in [0.3, 0.4) is 0 Å². The van der Waals surface area contributed by atoms with Crippen LogP contribution in [0.15, 0.2) is 16.7 Å². The van der Waals surface area contributed by atoms with E-state index in [1.165, 1.54) is 12.0 Å². The van der Waals surface area contributed by atoms with Crippen LogP contribution in [-0.4, -0.2) is 53.9 Å². The minimum Gasteiger partial charge on any atom is -0.389 e. The summed E-state index contributed by atoms with van der Waals surface area (Å²) in [5.74, 6) is -0.116. The van der Waals surface area contributed by atoms with Gasteiger partial charge in [0.25, 0.3) is 5.91 Å². The van der Waals surface area contributed by atoms with Crippen molar-refractivity contribution in [3.8, 4) is 0 Å². The molecule has 1 aromatic rings. The number of aromatic nitrogens is 1. The third kappa shape index (κ3) is 4.33. The minimum atomic E-state index is -0.676. The average Bonchev–Trinajstić information content (AvgIpc) is 2.70. The lowest BCUT2D eigenvalue weighted by atomic mass is 10.3. The number of aliphatic hydroxyl groups excluding tert-OH is 1. The molecule has 1 amide bonds. The molecular formula is C13H21BrN2O3. The molecule has 0 spiro atoms. The molecular weight excluding hydrogens is 312 g/mol. The summed E-state index contributed by atoms with van der Waals surface area (Å²) in [6, 6.07) is 1.99. The fourth-order valence-electron chi connectivity index (χ4n) is 1.88. The largest absolute Gasteiger partial charge is 0.389 e. The number of amides is 1. The Morgan fingerprint density at radius 1 is 1.58 bits per heavy atom. The fourth-order valence-corrected chi connectivity index (χ4v) is 2.32. The highest BCUT2D eigenvalue weighted by atomic mass is 79.9. The predicted octanol–water partition coefficient (Wildman–Crippen LogP) is 1.91. The van der Waals surface area contributed by atoms with Crippen molar-refractivity contribution in [1.29, 1.82) is 0 Å². The standard InChI is InChI=1S/C13H21BrN2O3/c1-9(2)16-6-10(14)5-12(16)13(18)15(3)7-11(17)8-19-4/h5-6,9,11,17H,7-8H2,1-4H3. The summed E-state index contributed by atoms with van der Waals surface area (Å²) in [6.07, 6.45) is 1.21. The molecule has 0 aromatic carbocycles. The van der Waals surface area contributed by atoms with Crippen molar-refractivity contribution in [2.75, 3.05) is 27.3 Å². The van der Waals surface area contributed by atoms with Crippen molar-refractivity contribution < 1.29 is 14.6 Å². The van der Waals surface area contributed by atoms with E-state index in [0.717, 1.165) is 4.47 Å². The van der Waals surface area contributed by atoms with Gasteiger partial charge in [-0.05, 0) is 35.8 Å². The molecule has 0 aliphatic carbocycles. The van der Waals surface area contributed by atoms with E-state index in [1.54, 1.807) is 13.1 Å². The van der Waals surface area contributed by atoms with E-state index in [-0.39, 0.29) is 25.1 Å². The lowest BCUT2D eigenvalue weighted by Crippen LogP contribution is -2.37. The first-order valence-electron chi connectivity index (χ1n) is 6.16. The Labute approximate surface area is 122 Å². The van der Waals surface area contributed by atoms with Gasteiger partial charge in [0.15, 0.2) is 0 Å². The number of methoxy groups -OCH3 is 1. The lowest BCUT2D eigenvalue weighted by molar-refractivity contribution is 0.0375. The first-order chi connectivity index (χ1) is 8.86. The van der Waals surface area contributed by atoms with Gasteiger partial charge in [0, 0.05) is 37.4 Å². The number of carbonyl (C=O) groups excluding carboxylic acids is 1. The third-order valence-electron chi connectivity index (χ3n) is 2.78. The van der Waals surface area contributed by atoms with Crippen LogP contribution in [0.2, 0.25) is 0 Å². The highest BCUT2D eigenvalue weighted by Crippen LogP contribution is 2.20. The summed E-state index contributed by atoms with van der Waals surface area (Å²) in [6.45, 7) is 4.49.